The van der Waals surface area contributed by atoms with Crippen molar-refractivity contribution in [2.45, 2.75) is 42.4 Å². The largest absolute Gasteiger partial charge is 0.363 e. The lowest BCUT2D eigenvalue weighted by molar-refractivity contribution is 0.0353. The second kappa shape index (κ2) is 4.95. The van der Waals surface area contributed by atoms with E-state index in [1.54, 1.807) is 25.1 Å². The molecule has 1 saturated heterocycles. The Hall–Kier alpha value is -1.38. The summed E-state index contributed by atoms with van der Waals surface area (Å²) in [7, 11) is -3.46. The average Bonchev–Trinajstić information content (AvgIpc) is 2.38. The Labute approximate surface area is 113 Å². The maximum absolute atomic E-state index is 12.8. The molecule has 0 spiro atoms. The van der Waals surface area contributed by atoms with E-state index in [1.165, 1.54) is 0 Å². The molecular formula is C14H17NO3S. The van der Waals surface area contributed by atoms with Crippen LogP contribution in [0.3, 0.4) is 0 Å². The first kappa shape index (κ1) is 14.0. The van der Waals surface area contributed by atoms with Gasteiger partial charge in [-0.3, -0.25) is 0 Å². The number of sulfone groups is 1. The topological polar surface area (TPSA) is 67.2 Å². The minimum absolute atomic E-state index is 0.222. The van der Waals surface area contributed by atoms with Crippen molar-refractivity contribution in [1.29, 1.82) is 5.26 Å². The number of aryl methyl sites for hydroxylation is 1. The van der Waals surface area contributed by atoms with Gasteiger partial charge in [0, 0.05) is 13.0 Å². The molecular weight excluding hydrogens is 262 g/mol. The number of nitriles is 1. The lowest BCUT2D eigenvalue weighted by atomic mass is 9.97. The van der Waals surface area contributed by atoms with E-state index in [4.69, 9.17) is 10.00 Å². The number of nitrogens with zero attached hydrogens (tertiary/aromatic N) is 1. The van der Waals surface area contributed by atoms with Crippen molar-refractivity contribution in [3.05, 3.63) is 29.8 Å². The normalized spacial score (nSPS) is 27.7. The zero-order chi connectivity index (χ0) is 14.1. The molecule has 0 aromatic heterocycles. The summed E-state index contributed by atoms with van der Waals surface area (Å²) in [6.45, 7) is 3.88. The third-order valence-corrected chi connectivity index (χ3v) is 6.20. The Bertz CT molecular complexity index is 618. The highest BCUT2D eigenvalue weighted by Gasteiger charge is 2.44. The maximum Gasteiger partial charge on any atom is 0.184 e. The molecule has 4 nitrogen and oxygen atoms in total. The molecule has 5 heteroatoms. The minimum atomic E-state index is -3.46. The number of benzene rings is 1. The lowest BCUT2D eigenvalue weighted by Crippen LogP contribution is -2.44. The van der Waals surface area contributed by atoms with Gasteiger partial charge in [0.05, 0.1) is 15.7 Å². The molecule has 2 rings (SSSR count). The van der Waals surface area contributed by atoms with E-state index in [9.17, 15) is 8.42 Å². The van der Waals surface area contributed by atoms with E-state index in [1.807, 2.05) is 19.1 Å². The van der Waals surface area contributed by atoms with E-state index in [0.717, 1.165) is 5.56 Å². The van der Waals surface area contributed by atoms with Crippen LogP contribution in [0.2, 0.25) is 0 Å². The highest BCUT2D eigenvalue weighted by atomic mass is 32.2. The highest BCUT2D eigenvalue weighted by Crippen LogP contribution is 2.36. The molecule has 1 aromatic carbocycles. The summed E-state index contributed by atoms with van der Waals surface area (Å²) in [4.78, 5) is 0.327. The summed E-state index contributed by atoms with van der Waals surface area (Å²) in [6, 6.07) is 8.91. The zero-order valence-electron chi connectivity index (χ0n) is 11.1. The molecule has 0 aliphatic carbocycles. The van der Waals surface area contributed by atoms with Gasteiger partial charge >= 0.3 is 0 Å². The van der Waals surface area contributed by atoms with Crippen LogP contribution in [0.1, 0.15) is 25.3 Å². The summed E-state index contributed by atoms with van der Waals surface area (Å²) in [5, 5.41) is 8.93. The molecule has 2 atom stereocenters. The summed E-state index contributed by atoms with van der Waals surface area (Å²) in [6.07, 6.45) is -0.000322. The third-order valence-electron chi connectivity index (χ3n) is 3.66. The third kappa shape index (κ3) is 2.51. The highest BCUT2D eigenvalue weighted by molar-refractivity contribution is 7.92. The van der Waals surface area contributed by atoms with Crippen LogP contribution < -0.4 is 0 Å². The Morgan fingerprint density at radius 2 is 2.21 bits per heavy atom. The first-order chi connectivity index (χ1) is 8.89. The van der Waals surface area contributed by atoms with Crippen molar-refractivity contribution in [3.8, 4) is 6.07 Å². The van der Waals surface area contributed by atoms with Gasteiger partial charge in [0.15, 0.2) is 9.84 Å². The SMILES string of the molecule is Cc1cccc(S(=O)(=O)C2(C)CCOC(C#N)C2)c1. The fourth-order valence-corrected chi connectivity index (χ4v) is 4.25. The molecule has 102 valence electrons. The fraction of sp³-hybridized carbons (Fsp3) is 0.500. The summed E-state index contributed by atoms with van der Waals surface area (Å²) >= 11 is 0. The lowest BCUT2D eigenvalue weighted by Gasteiger charge is -2.35. The summed E-state index contributed by atoms with van der Waals surface area (Å²) in [5.74, 6) is 0. The fourth-order valence-electron chi connectivity index (χ4n) is 2.36. The van der Waals surface area contributed by atoms with Gasteiger partial charge in [-0.15, -0.1) is 0 Å². The smallest absolute Gasteiger partial charge is 0.184 e. The molecule has 1 aliphatic rings. The van der Waals surface area contributed by atoms with E-state index in [0.29, 0.717) is 17.9 Å². The second-order valence-corrected chi connectivity index (χ2v) is 7.68. The molecule has 1 heterocycles. The van der Waals surface area contributed by atoms with Crippen LogP contribution in [0.4, 0.5) is 0 Å². The van der Waals surface area contributed by atoms with Crippen LogP contribution in [0.15, 0.2) is 29.2 Å². The predicted octanol–water partition coefficient (Wildman–Crippen LogP) is 2.23. The Balaban J connectivity index is 2.41. The van der Waals surface area contributed by atoms with Gasteiger partial charge in [0.25, 0.3) is 0 Å². The van der Waals surface area contributed by atoms with E-state index < -0.39 is 20.7 Å². The Morgan fingerprint density at radius 3 is 2.84 bits per heavy atom. The van der Waals surface area contributed by atoms with Gasteiger partial charge < -0.3 is 4.74 Å². The molecule has 1 aromatic rings. The molecule has 0 N–H and O–H groups in total. The minimum Gasteiger partial charge on any atom is -0.363 e. The standard InChI is InChI=1S/C14H17NO3S/c1-11-4-3-5-13(8-11)19(16,17)14(2)6-7-18-12(9-14)10-15/h3-5,8,12H,6-7,9H2,1-2H3. The van der Waals surface area contributed by atoms with Gasteiger partial charge in [0.1, 0.15) is 6.10 Å². The van der Waals surface area contributed by atoms with Crippen molar-refractivity contribution in [1.82, 2.24) is 0 Å². The van der Waals surface area contributed by atoms with Crippen molar-refractivity contribution in [2.75, 3.05) is 6.61 Å². The van der Waals surface area contributed by atoms with Gasteiger partial charge in [-0.2, -0.15) is 5.26 Å². The molecule has 1 fully saturated rings. The predicted molar refractivity (Wildman–Crippen MR) is 71.4 cm³/mol. The number of ether oxygens (including phenoxy) is 1. The monoisotopic (exact) mass is 279 g/mol. The Kier molecular flexibility index (Phi) is 3.66. The first-order valence-corrected chi connectivity index (χ1v) is 7.70. The quantitative estimate of drug-likeness (QED) is 0.832. The van der Waals surface area contributed by atoms with Gasteiger partial charge in [-0.25, -0.2) is 8.42 Å². The number of hydrogen-bond acceptors (Lipinski definition) is 4. The van der Waals surface area contributed by atoms with E-state index >= 15 is 0 Å². The first-order valence-electron chi connectivity index (χ1n) is 6.21. The van der Waals surface area contributed by atoms with Crippen molar-refractivity contribution in [3.63, 3.8) is 0 Å². The van der Waals surface area contributed by atoms with Crippen molar-refractivity contribution >= 4 is 9.84 Å². The van der Waals surface area contributed by atoms with Crippen LogP contribution >= 0.6 is 0 Å². The van der Waals surface area contributed by atoms with Crippen LogP contribution in [-0.4, -0.2) is 25.9 Å². The number of rotatable bonds is 2. The van der Waals surface area contributed by atoms with Gasteiger partial charge in [-0.1, -0.05) is 12.1 Å². The molecule has 2 unspecified atom stereocenters. The van der Waals surface area contributed by atoms with Crippen LogP contribution in [0.5, 0.6) is 0 Å². The second-order valence-electron chi connectivity index (χ2n) is 5.21. The molecule has 0 bridgehead atoms. The summed E-state index contributed by atoms with van der Waals surface area (Å²) in [5.41, 5.74) is 0.911. The Morgan fingerprint density at radius 1 is 1.47 bits per heavy atom. The molecule has 1 aliphatic heterocycles. The molecule has 0 radical (unpaired) electrons. The molecule has 0 amide bonds. The van der Waals surface area contributed by atoms with Gasteiger partial charge in [-0.05, 0) is 38.0 Å². The average molecular weight is 279 g/mol. The van der Waals surface area contributed by atoms with E-state index in [2.05, 4.69) is 0 Å². The van der Waals surface area contributed by atoms with Crippen molar-refractivity contribution < 1.29 is 13.2 Å². The van der Waals surface area contributed by atoms with E-state index in [-0.39, 0.29) is 6.42 Å². The van der Waals surface area contributed by atoms with Gasteiger partial charge in [0.2, 0.25) is 0 Å². The van der Waals surface area contributed by atoms with Crippen molar-refractivity contribution in [2.24, 2.45) is 0 Å². The maximum atomic E-state index is 12.8. The zero-order valence-corrected chi connectivity index (χ0v) is 11.9. The van der Waals surface area contributed by atoms with Crippen LogP contribution in [-0.2, 0) is 14.6 Å². The number of hydrogen-bond donors (Lipinski definition) is 0. The van der Waals surface area contributed by atoms with Crippen LogP contribution in [0.25, 0.3) is 0 Å². The van der Waals surface area contributed by atoms with Crippen LogP contribution in [0, 0.1) is 18.3 Å². The molecule has 0 saturated carbocycles. The molecule has 19 heavy (non-hydrogen) atoms. The summed E-state index contributed by atoms with van der Waals surface area (Å²) < 4.78 is 29.8.